The van der Waals surface area contributed by atoms with Gasteiger partial charge in [0, 0.05) is 39.8 Å². The van der Waals surface area contributed by atoms with E-state index in [1.807, 2.05) is 7.05 Å². The number of piperidine rings is 1. The highest BCUT2D eigenvalue weighted by molar-refractivity contribution is 14.0. The number of aliphatic imine (C=N–C) groups is 1. The molecule has 6 nitrogen and oxygen atoms in total. The van der Waals surface area contributed by atoms with Crippen LogP contribution >= 0.6 is 24.0 Å². The summed E-state index contributed by atoms with van der Waals surface area (Å²) in [6.07, 6.45) is 12.0. The molecule has 0 bridgehead atoms. The van der Waals surface area contributed by atoms with Gasteiger partial charge in [-0.15, -0.1) is 24.0 Å². The van der Waals surface area contributed by atoms with Gasteiger partial charge in [0.2, 0.25) is 0 Å². The average Bonchev–Trinajstić information content (AvgIpc) is 3.00. The lowest BCUT2D eigenvalue weighted by Gasteiger charge is -2.35. The number of nitrogens with one attached hydrogen (secondary N) is 1. The van der Waals surface area contributed by atoms with Gasteiger partial charge in [-0.25, -0.2) is 0 Å². The van der Waals surface area contributed by atoms with Gasteiger partial charge in [0.05, 0.1) is 18.8 Å². The summed E-state index contributed by atoms with van der Waals surface area (Å²) in [6.45, 7) is 8.36. The molecule has 1 N–H and O–H groups in total. The summed E-state index contributed by atoms with van der Waals surface area (Å²) in [5.41, 5.74) is 0. The van der Waals surface area contributed by atoms with E-state index in [0.29, 0.717) is 12.2 Å². The van der Waals surface area contributed by atoms with Gasteiger partial charge in [-0.05, 0) is 58.0 Å². The van der Waals surface area contributed by atoms with Crippen molar-refractivity contribution < 1.29 is 9.47 Å². The van der Waals surface area contributed by atoms with Crippen molar-refractivity contribution in [3.05, 3.63) is 0 Å². The number of nitrogens with zero attached hydrogens (tertiary/aromatic N) is 3. The number of hydrogen-bond donors (Lipinski definition) is 1. The van der Waals surface area contributed by atoms with Crippen molar-refractivity contribution in [2.24, 2.45) is 4.99 Å². The second kappa shape index (κ2) is 14.0. The fourth-order valence-electron chi connectivity index (χ4n) is 4.43. The molecular weight excluding hydrogens is 467 g/mol. The number of guanidine groups is 1. The van der Waals surface area contributed by atoms with E-state index in [2.05, 4.69) is 20.1 Å². The van der Waals surface area contributed by atoms with Crippen LogP contribution in [-0.2, 0) is 9.47 Å². The van der Waals surface area contributed by atoms with Crippen LogP contribution in [0.1, 0.15) is 57.8 Å². The molecule has 0 radical (unpaired) electrons. The molecule has 0 saturated carbocycles. The zero-order valence-electron chi connectivity index (χ0n) is 17.7. The van der Waals surface area contributed by atoms with Crippen LogP contribution in [0.15, 0.2) is 4.99 Å². The molecule has 0 aromatic carbocycles. The van der Waals surface area contributed by atoms with E-state index in [4.69, 9.17) is 9.47 Å². The van der Waals surface area contributed by atoms with Crippen molar-refractivity contribution in [3.63, 3.8) is 0 Å². The van der Waals surface area contributed by atoms with Crippen LogP contribution in [0.4, 0.5) is 0 Å². The van der Waals surface area contributed by atoms with Gasteiger partial charge in [-0.2, -0.15) is 0 Å². The third kappa shape index (κ3) is 8.32. The van der Waals surface area contributed by atoms with Crippen LogP contribution < -0.4 is 5.32 Å². The normalized spacial score (nSPS) is 25.8. The Bertz CT molecular complexity index is 430. The monoisotopic (exact) mass is 508 g/mol. The summed E-state index contributed by atoms with van der Waals surface area (Å²) >= 11 is 0. The first-order chi connectivity index (χ1) is 13.3. The van der Waals surface area contributed by atoms with Crippen molar-refractivity contribution in [2.45, 2.75) is 70.0 Å². The Labute approximate surface area is 188 Å². The number of likely N-dealkylation sites (tertiary alicyclic amines) is 2. The summed E-state index contributed by atoms with van der Waals surface area (Å²) in [5, 5.41) is 3.58. The topological polar surface area (TPSA) is 49.3 Å². The maximum absolute atomic E-state index is 6.14. The number of halogens is 1. The maximum atomic E-state index is 6.14. The molecule has 3 saturated heterocycles. The van der Waals surface area contributed by atoms with Crippen LogP contribution in [-0.4, -0.2) is 87.5 Å². The molecule has 0 spiro atoms. The van der Waals surface area contributed by atoms with Crippen molar-refractivity contribution in [2.75, 3.05) is 59.5 Å². The predicted octanol–water partition coefficient (Wildman–Crippen LogP) is 3.11. The average molecular weight is 508 g/mol. The third-order valence-electron chi connectivity index (χ3n) is 6.15. The van der Waals surface area contributed by atoms with Crippen LogP contribution in [0, 0.1) is 0 Å². The number of hydrogen-bond acceptors (Lipinski definition) is 4. The van der Waals surface area contributed by atoms with E-state index in [1.54, 1.807) is 0 Å². The molecule has 28 heavy (non-hydrogen) atoms. The van der Waals surface area contributed by atoms with Crippen LogP contribution in [0.2, 0.25) is 0 Å². The van der Waals surface area contributed by atoms with Crippen molar-refractivity contribution >= 4 is 29.9 Å². The Balaban J connectivity index is 0.00000280. The molecule has 7 heteroatoms. The minimum atomic E-state index is 0. The van der Waals surface area contributed by atoms with Crippen LogP contribution in [0.3, 0.4) is 0 Å². The van der Waals surface area contributed by atoms with Crippen molar-refractivity contribution in [1.29, 1.82) is 0 Å². The molecular formula is C21H41IN4O2. The highest BCUT2D eigenvalue weighted by Gasteiger charge is 2.23. The molecule has 3 rings (SSSR count). The Morgan fingerprint density at radius 2 is 1.75 bits per heavy atom. The summed E-state index contributed by atoms with van der Waals surface area (Å²) in [7, 11) is 1.90. The SMILES string of the molecule is CN=C(NCCN1CCCCCC1)N1CCC(OCC2CCCCO2)CC1.I. The van der Waals surface area contributed by atoms with E-state index in [9.17, 15) is 0 Å². The van der Waals surface area contributed by atoms with E-state index < -0.39 is 0 Å². The second-order valence-corrected chi connectivity index (χ2v) is 8.24. The first-order valence-corrected chi connectivity index (χ1v) is 11.3. The van der Waals surface area contributed by atoms with Gasteiger partial charge in [0.1, 0.15) is 0 Å². The minimum Gasteiger partial charge on any atom is -0.376 e. The third-order valence-corrected chi connectivity index (χ3v) is 6.15. The van der Waals surface area contributed by atoms with Crippen molar-refractivity contribution in [1.82, 2.24) is 15.1 Å². The van der Waals surface area contributed by atoms with Crippen LogP contribution in [0.5, 0.6) is 0 Å². The van der Waals surface area contributed by atoms with E-state index in [-0.39, 0.29) is 24.0 Å². The van der Waals surface area contributed by atoms with Crippen molar-refractivity contribution in [3.8, 4) is 0 Å². The molecule has 164 valence electrons. The van der Waals surface area contributed by atoms with E-state index in [0.717, 1.165) is 64.6 Å². The highest BCUT2D eigenvalue weighted by atomic mass is 127. The minimum absolute atomic E-state index is 0. The second-order valence-electron chi connectivity index (χ2n) is 8.24. The summed E-state index contributed by atoms with van der Waals surface area (Å²) in [5.74, 6) is 1.05. The molecule has 3 aliphatic rings. The Hall–Kier alpha value is -0.120. The lowest BCUT2D eigenvalue weighted by atomic mass is 10.1. The molecule has 1 unspecified atom stereocenters. The molecule has 0 aromatic rings. The number of ether oxygens (including phenoxy) is 2. The summed E-state index contributed by atoms with van der Waals surface area (Å²) in [6, 6.07) is 0. The molecule has 3 aliphatic heterocycles. The zero-order chi connectivity index (χ0) is 18.7. The predicted molar refractivity (Wildman–Crippen MR) is 126 cm³/mol. The zero-order valence-corrected chi connectivity index (χ0v) is 20.1. The Morgan fingerprint density at radius 3 is 2.39 bits per heavy atom. The van der Waals surface area contributed by atoms with Gasteiger partial charge in [0.25, 0.3) is 0 Å². The van der Waals surface area contributed by atoms with Crippen LogP contribution in [0.25, 0.3) is 0 Å². The van der Waals surface area contributed by atoms with Gasteiger partial charge in [-0.3, -0.25) is 4.99 Å². The quantitative estimate of drug-likeness (QED) is 0.340. The molecule has 0 aliphatic carbocycles. The molecule has 0 aromatic heterocycles. The maximum Gasteiger partial charge on any atom is 0.193 e. The lowest BCUT2D eigenvalue weighted by Crippen LogP contribution is -2.48. The first kappa shape index (κ1) is 24.2. The molecule has 3 heterocycles. The highest BCUT2D eigenvalue weighted by Crippen LogP contribution is 2.18. The Kier molecular flexibility index (Phi) is 12.1. The van der Waals surface area contributed by atoms with Gasteiger partial charge in [-0.1, -0.05) is 12.8 Å². The standard InChI is InChI=1S/C21H40N4O2.HI/c1-22-21(23-11-16-24-12-5-2-3-6-13-24)25-14-9-19(10-15-25)27-18-20-8-4-7-17-26-20;/h19-20H,2-18H2,1H3,(H,22,23);1H. The van der Waals surface area contributed by atoms with E-state index >= 15 is 0 Å². The largest absolute Gasteiger partial charge is 0.376 e. The molecule has 3 fully saturated rings. The van der Waals surface area contributed by atoms with Gasteiger partial charge < -0.3 is 24.6 Å². The fraction of sp³-hybridized carbons (Fsp3) is 0.952. The fourth-order valence-corrected chi connectivity index (χ4v) is 4.43. The molecule has 1 atom stereocenters. The lowest BCUT2D eigenvalue weighted by molar-refractivity contribution is -0.0721. The molecule has 0 amide bonds. The van der Waals surface area contributed by atoms with Gasteiger partial charge in [0.15, 0.2) is 5.96 Å². The Morgan fingerprint density at radius 1 is 1.00 bits per heavy atom. The first-order valence-electron chi connectivity index (χ1n) is 11.3. The summed E-state index contributed by atoms with van der Waals surface area (Å²) < 4.78 is 11.9. The number of rotatable bonds is 6. The smallest absolute Gasteiger partial charge is 0.193 e. The van der Waals surface area contributed by atoms with Gasteiger partial charge >= 0.3 is 0 Å². The van der Waals surface area contributed by atoms with E-state index in [1.165, 1.54) is 51.6 Å². The summed E-state index contributed by atoms with van der Waals surface area (Å²) in [4.78, 5) is 9.50.